The van der Waals surface area contributed by atoms with Gasteiger partial charge in [-0.25, -0.2) is 0 Å². The second kappa shape index (κ2) is 8.87. The summed E-state index contributed by atoms with van der Waals surface area (Å²) in [6.07, 6.45) is 0. The molecular weight excluding hydrogens is 228 g/mol. The van der Waals surface area contributed by atoms with Crippen LogP contribution in [0.25, 0.3) is 0 Å². The molecule has 0 radical (unpaired) electrons. The van der Waals surface area contributed by atoms with E-state index in [0.717, 1.165) is 18.3 Å². The molecule has 0 aromatic carbocycles. The Kier molecular flexibility index (Phi) is 16.5. The summed E-state index contributed by atoms with van der Waals surface area (Å²) in [5.74, 6) is 2.74. The predicted molar refractivity (Wildman–Crippen MR) is 28.9 cm³/mol. The Bertz CT molecular complexity index is 43.6. The summed E-state index contributed by atoms with van der Waals surface area (Å²) in [4.78, 5) is 0. The van der Waals surface area contributed by atoms with Crippen LogP contribution in [0.15, 0.2) is 0 Å². The molecule has 0 rings (SSSR count). The van der Waals surface area contributed by atoms with Gasteiger partial charge in [-0.2, -0.15) is 0 Å². The molecule has 25 valence electrons. The van der Waals surface area contributed by atoms with Gasteiger partial charge in [-0.15, -0.1) is 24.0 Å². The molecule has 2 heteroatoms. The molecule has 0 aromatic rings. The Morgan fingerprint density at radius 2 is 1.80 bits per heavy atom. The second-order valence-electron chi connectivity index (χ2n) is 0.427. The third-order valence-corrected chi connectivity index (χ3v) is 0.919. The molecule has 0 fully saturated rings. The average Bonchev–Trinajstić information content (AvgIpc) is 1.37. The second-order valence-corrected chi connectivity index (χ2v) is 1.17. The van der Waals surface area contributed by atoms with E-state index in [4.69, 9.17) is 0 Å². The first kappa shape index (κ1) is 9.32. The average molecular weight is 232 g/mol. The third-order valence-electron chi connectivity index (χ3n) is 0.177. The minimum atomic E-state index is 0. The summed E-state index contributed by atoms with van der Waals surface area (Å²) in [5.41, 5.74) is 0. The Morgan fingerprint density at radius 1 is 1.60 bits per heavy atom. The smallest absolute Gasteiger partial charge is 0.107 e. The molecule has 0 N–H and O–H groups in total. The molecule has 0 heterocycles. The molecule has 0 saturated heterocycles. The van der Waals surface area contributed by atoms with Crippen molar-refractivity contribution < 1.29 is 18.3 Å². The summed E-state index contributed by atoms with van der Waals surface area (Å²) in [7, 11) is 0. The number of rotatable bonds is 0. The minimum absolute atomic E-state index is 0. The molecule has 0 aromatic heterocycles. The van der Waals surface area contributed by atoms with E-state index in [9.17, 15) is 0 Å². The molecule has 5 heavy (non-hydrogen) atoms. The quantitative estimate of drug-likeness (QED) is 0.334. The fourth-order valence-electron chi connectivity index (χ4n) is 0. The van der Waals surface area contributed by atoms with E-state index < -0.39 is 0 Å². The van der Waals surface area contributed by atoms with Crippen molar-refractivity contribution in [1.29, 1.82) is 0 Å². The van der Waals surface area contributed by atoms with Crippen molar-refractivity contribution >= 4 is 24.0 Å². The van der Waals surface area contributed by atoms with Crippen LogP contribution in [-0.4, -0.2) is 0 Å². The maximum absolute atomic E-state index is 2.81. The van der Waals surface area contributed by atoms with Crippen molar-refractivity contribution in [2.45, 2.75) is 6.92 Å². The minimum Gasteiger partial charge on any atom is -0.107 e. The maximum Gasteiger partial charge on any atom is -0.107 e. The van der Waals surface area contributed by atoms with Crippen LogP contribution in [0.5, 0.6) is 0 Å². The fourth-order valence-corrected chi connectivity index (χ4v) is 0. The van der Waals surface area contributed by atoms with Crippen LogP contribution >= 0.6 is 24.0 Å². The predicted octanol–water partition coefficient (Wildman–Crippen LogP) is 1.13. The van der Waals surface area contributed by atoms with Crippen LogP contribution in [0.4, 0.5) is 0 Å². The Morgan fingerprint density at radius 3 is 1.80 bits per heavy atom. The Hall–Kier alpha value is 0.913. The van der Waals surface area contributed by atoms with Gasteiger partial charge in [-0.1, -0.05) is 0 Å². The van der Waals surface area contributed by atoms with Gasteiger partial charge in [0.15, 0.2) is 0 Å². The zero-order valence-electron chi connectivity index (χ0n) is 3.12. The standard InChI is InChI=1S/C3H3.HI.Zn/c1-3-2;;/h1H3;1H;. The van der Waals surface area contributed by atoms with Crippen LogP contribution in [0, 0.1) is 10.4 Å². The monoisotopic (exact) mass is 231 g/mol. The van der Waals surface area contributed by atoms with E-state index in [0.29, 0.717) is 0 Å². The van der Waals surface area contributed by atoms with Gasteiger partial charge in [0.1, 0.15) is 0 Å². The van der Waals surface area contributed by atoms with Crippen molar-refractivity contribution in [2.24, 2.45) is 0 Å². The van der Waals surface area contributed by atoms with Gasteiger partial charge in [0.2, 0.25) is 0 Å². The first-order valence-corrected chi connectivity index (χ1v) is 2.59. The van der Waals surface area contributed by atoms with Crippen molar-refractivity contribution in [1.82, 2.24) is 0 Å². The van der Waals surface area contributed by atoms with Crippen LogP contribution in [0.1, 0.15) is 6.92 Å². The van der Waals surface area contributed by atoms with Crippen LogP contribution in [-0.2, 0) is 18.3 Å². The van der Waals surface area contributed by atoms with Gasteiger partial charge >= 0.3 is 35.7 Å². The van der Waals surface area contributed by atoms with Crippen LogP contribution in [0.3, 0.4) is 0 Å². The number of halogens is 1. The SMILES string of the molecule is CC#[C][Zn].I. The topological polar surface area (TPSA) is 0 Å². The number of hydrogen-bond acceptors (Lipinski definition) is 0. The molecule has 0 amide bonds. The van der Waals surface area contributed by atoms with Gasteiger partial charge < -0.3 is 0 Å². The summed E-state index contributed by atoms with van der Waals surface area (Å²) in [5, 5.41) is 0. The zero-order valence-corrected chi connectivity index (χ0v) is 8.41. The van der Waals surface area contributed by atoms with Crippen molar-refractivity contribution in [3.05, 3.63) is 0 Å². The zero-order chi connectivity index (χ0) is 3.41. The molecule has 0 spiro atoms. The Labute approximate surface area is 59.4 Å². The van der Waals surface area contributed by atoms with E-state index in [1.54, 1.807) is 0 Å². The van der Waals surface area contributed by atoms with Gasteiger partial charge in [-0.3, -0.25) is 0 Å². The largest absolute Gasteiger partial charge is 0.107 e. The molecule has 0 saturated carbocycles. The maximum atomic E-state index is 2.81. The molecule has 0 bridgehead atoms. The normalized spacial score (nSPS) is 3.00. The van der Waals surface area contributed by atoms with E-state index in [-0.39, 0.29) is 24.0 Å². The molecule has 0 nitrogen and oxygen atoms in total. The number of hydrogen-bond donors (Lipinski definition) is 0. The van der Waals surface area contributed by atoms with Gasteiger partial charge in [0.25, 0.3) is 0 Å². The third kappa shape index (κ3) is 11.4. The molecule has 0 aliphatic heterocycles. The van der Waals surface area contributed by atoms with E-state index in [1.165, 1.54) is 0 Å². The molecule has 0 aliphatic rings. The molecular formula is C3H4IZn. The Balaban J connectivity index is 0. The van der Waals surface area contributed by atoms with Crippen molar-refractivity contribution in [2.75, 3.05) is 0 Å². The van der Waals surface area contributed by atoms with Gasteiger partial charge in [-0.05, 0) is 0 Å². The molecule has 0 atom stereocenters. The summed E-state index contributed by atoms with van der Waals surface area (Å²) < 4.78 is 2.81. The van der Waals surface area contributed by atoms with Gasteiger partial charge in [0, 0.05) is 0 Å². The van der Waals surface area contributed by atoms with E-state index in [1.807, 2.05) is 6.92 Å². The fraction of sp³-hybridized carbons (Fsp3) is 0.333. The molecule has 0 aliphatic carbocycles. The summed E-state index contributed by atoms with van der Waals surface area (Å²) in [6.45, 7) is 1.85. The van der Waals surface area contributed by atoms with Crippen molar-refractivity contribution in [3.63, 3.8) is 0 Å². The van der Waals surface area contributed by atoms with Crippen molar-refractivity contribution in [3.8, 4) is 10.4 Å². The summed E-state index contributed by atoms with van der Waals surface area (Å²) in [6, 6.07) is 0. The molecule has 0 unspecified atom stereocenters. The van der Waals surface area contributed by atoms with Gasteiger partial charge in [0.05, 0.1) is 0 Å². The summed E-state index contributed by atoms with van der Waals surface area (Å²) >= 11 is 1.11. The van der Waals surface area contributed by atoms with Crippen LogP contribution in [0.2, 0.25) is 0 Å². The first-order chi connectivity index (χ1) is 1.91. The van der Waals surface area contributed by atoms with E-state index >= 15 is 0 Å². The van der Waals surface area contributed by atoms with Crippen LogP contribution < -0.4 is 0 Å². The van der Waals surface area contributed by atoms with E-state index in [2.05, 4.69) is 10.4 Å². The first-order valence-electron chi connectivity index (χ1n) is 1.10.